The molecule has 156 valence electrons. The average molecular weight is 420 g/mol. The normalized spacial score (nSPS) is 11.6. The molecule has 8 nitrogen and oxygen atoms in total. The molecule has 0 aliphatic rings. The van der Waals surface area contributed by atoms with Crippen LogP contribution in [0.5, 0.6) is 11.5 Å². The van der Waals surface area contributed by atoms with Gasteiger partial charge in [-0.25, -0.2) is 13.8 Å². The van der Waals surface area contributed by atoms with Crippen molar-refractivity contribution in [2.24, 2.45) is 5.10 Å². The fourth-order valence-electron chi connectivity index (χ4n) is 2.49. The minimum absolute atomic E-state index is 0.0887. The van der Waals surface area contributed by atoms with Crippen LogP contribution in [0.15, 0.2) is 52.5 Å². The van der Waals surface area contributed by atoms with Gasteiger partial charge in [0, 0.05) is 13.1 Å². The van der Waals surface area contributed by atoms with E-state index in [9.17, 15) is 13.2 Å². The first-order chi connectivity index (χ1) is 13.8. The molecule has 0 aliphatic heterocycles. The molecule has 29 heavy (non-hydrogen) atoms. The van der Waals surface area contributed by atoms with E-state index in [0.717, 1.165) is 16.3 Å². The summed E-state index contributed by atoms with van der Waals surface area (Å²) in [5, 5.41) is 3.88. The van der Waals surface area contributed by atoms with Gasteiger partial charge in [-0.2, -0.15) is 9.41 Å². The Bertz CT molecular complexity index is 972. The van der Waals surface area contributed by atoms with Crippen molar-refractivity contribution in [2.45, 2.75) is 18.2 Å². The maximum absolute atomic E-state index is 12.8. The van der Waals surface area contributed by atoms with Gasteiger partial charge in [-0.1, -0.05) is 31.2 Å². The SMILES string of the molecule is CCc1ccc(C=NNC(=O)CN(C)S(=O)(=O)c2cc(OC)ccc2OC)cc1. The number of carbonyl (C=O) groups excluding carboxylic acids is 1. The fourth-order valence-corrected chi connectivity index (χ4v) is 3.79. The second-order valence-electron chi connectivity index (χ2n) is 6.17. The van der Waals surface area contributed by atoms with Gasteiger partial charge in [0.2, 0.25) is 10.0 Å². The van der Waals surface area contributed by atoms with Gasteiger partial charge >= 0.3 is 0 Å². The summed E-state index contributed by atoms with van der Waals surface area (Å²) >= 11 is 0. The fraction of sp³-hybridized carbons (Fsp3) is 0.300. The third-order valence-corrected chi connectivity index (χ3v) is 6.04. The first-order valence-electron chi connectivity index (χ1n) is 8.91. The quantitative estimate of drug-likeness (QED) is 0.496. The number of nitrogens with zero attached hydrogens (tertiary/aromatic N) is 2. The molecular weight excluding hydrogens is 394 g/mol. The summed E-state index contributed by atoms with van der Waals surface area (Å²) in [5.74, 6) is -0.0492. The molecule has 0 fully saturated rings. The second-order valence-corrected chi connectivity index (χ2v) is 8.18. The minimum Gasteiger partial charge on any atom is -0.497 e. The molecule has 0 aromatic heterocycles. The van der Waals surface area contributed by atoms with Crippen LogP contribution >= 0.6 is 0 Å². The predicted molar refractivity (Wildman–Crippen MR) is 111 cm³/mol. The molecule has 0 atom stereocenters. The van der Waals surface area contributed by atoms with Crippen molar-refractivity contribution in [3.8, 4) is 11.5 Å². The predicted octanol–water partition coefficient (Wildman–Crippen LogP) is 2.04. The molecule has 0 bridgehead atoms. The summed E-state index contributed by atoms with van der Waals surface area (Å²) in [7, 11) is 0.132. The van der Waals surface area contributed by atoms with Crippen molar-refractivity contribution in [2.75, 3.05) is 27.8 Å². The minimum atomic E-state index is -3.98. The van der Waals surface area contributed by atoms with Crippen LogP contribution in [0.1, 0.15) is 18.1 Å². The molecule has 0 unspecified atom stereocenters. The lowest BCUT2D eigenvalue weighted by atomic mass is 10.1. The zero-order valence-corrected chi connectivity index (χ0v) is 17.7. The van der Waals surface area contributed by atoms with E-state index in [4.69, 9.17) is 9.47 Å². The van der Waals surface area contributed by atoms with Crippen LogP contribution in [0.4, 0.5) is 0 Å². The lowest BCUT2D eigenvalue weighted by molar-refractivity contribution is -0.121. The van der Waals surface area contributed by atoms with Crippen molar-refractivity contribution in [3.05, 3.63) is 53.6 Å². The van der Waals surface area contributed by atoms with E-state index in [2.05, 4.69) is 17.5 Å². The highest BCUT2D eigenvalue weighted by Gasteiger charge is 2.27. The van der Waals surface area contributed by atoms with E-state index in [1.165, 1.54) is 45.2 Å². The number of rotatable bonds is 9. The Hall–Kier alpha value is -2.91. The van der Waals surface area contributed by atoms with E-state index in [1.807, 2.05) is 24.3 Å². The molecular formula is C20H25N3O5S. The van der Waals surface area contributed by atoms with Crippen LogP contribution in [-0.2, 0) is 21.2 Å². The van der Waals surface area contributed by atoms with Crippen molar-refractivity contribution in [3.63, 3.8) is 0 Å². The van der Waals surface area contributed by atoms with Gasteiger partial charge in [-0.15, -0.1) is 0 Å². The number of likely N-dealkylation sites (N-methyl/N-ethyl adjacent to an activating group) is 1. The van der Waals surface area contributed by atoms with Crippen LogP contribution < -0.4 is 14.9 Å². The Labute approximate surface area is 171 Å². The maximum atomic E-state index is 12.8. The molecule has 0 saturated heterocycles. The first-order valence-corrected chi connectivity index (χ1v) is 10.3. The monoisotopic (exact) mass is 419 g/mol. The Morgan fingerprint density at radius 2 is 1.83 bits per heavy atom. The van der Waals surface area contributed by atoms with E-state index in [1.54, 1.807) is 6.07 Å². The number of amides is 1. The summed E-state index contributed by atoms with van der Waals surface area (Å²) in [6.45, 7) is 1.66. The number of nitrogens with one attached hydrogen (secondary N) is 1. The zero-order valence-electron chi connectivity index (χ0n) is 16.9. The molecule has 0 saturated carbocycles. The highest BCUT2D eigenvalue weighted by molar-refractivity contribution is 7.89. The summed E-state index contributed by atoms with van der Waals surface area (Å²) in [6, 6.07) is 12.2. The van der Waals surface area contributed by atoms with Crippen molar-refractivity contribution >= 4 is 22.1 Å². The molecule has 2 aromatic carbocycles. The smallest absolute Gasteiger partial charge is 0.255 e. The third kappa shape index (κ3) is 5.78. The van der Waals surface area contributed by atoms with Crippen LogP contribution in [0.3, 0.4) is 0 Å². The van der Waals surface area contributed by atoms with E-state index >= 15 is 0 Å². The Balaban J connectivity index is 2.05. The van der Waals surface area contributed by atoms with Gasteiger partial charge in [0.1, 0.15) is 16.4 Å². The lowest BCUT2D eigenvalue weighted by Crippen LogP contribution is -2.36. The van der Waals surface area contributed by atoms with Crippen LogP contribution in [0, 0.1) is 0 Å². The van der Waals surface area contributed by atoms with Crippen LogP contribution in [-0.4, -0.2) is 52.7 Å². The first kappa shape index (κ1) is 22.4. The topological polar surface area (TPSA) is 97.3 Å². The van der Waals surface area contributed by atoms with E-state index < -0.39 is 22.5 Å². The Morgan fingerprint density at radius 1 is 1.14 bits per heavy atom. The van der Waals surface area contributed by atoms with E-state index in [0.29, 0.717) is 5.75 Å². The number of benzene rings is 2. The summed E-state index contributed by atoms with van der Waals surface area (Å²) in [5.41, 5.74) is 4.36. The van der Waals surface area contributed by atoms with Gasteiger partial charge in [-0.05, 0) is 29.7 Å². The number of methoxy groups -OCH3 is 2. The molecule has 9 heteroatoms. The van der Waals surface area contributed by atoms with Gasteiger partial charge in [0.05, 0.1) is 27.0 Å². The molecule has 0 heterocycles. The van der Waals surface area contributed by atoms with Gasteiger partial charge in [0.25, 0.3) is 5.91 Å². The molecule has 2 rings (SSSR count). The van der Waals surface area contributed by atoms with Gasteiger partial charge < -0.3 is 9.47 Å². The molecule has 0 radical (unpaired) electrons. The zero-order chi connectivity index (χ0) is 21.4. The largest absolute Gasteiger partial charge is 0.497 e. The molecule has 1 amide bonds. The van der Waals surface area contributed by atoms with Crippen molar-refractivity contribution in [1.82, 2.24) is 9.73 Å². The number of sulfonamides is 1. The highest BCUT2D eigenvalue weighted by Crippen LogP contribution is 2.30. The number of carbonyl (C=O) groups is 1. The van der Waals surface area contributed by atoms with E-state index in [-0.39, 0.29) is 10.6 Å². The summed E-state index contributed by atoms with van der Waals surface area (Å²) in [4.78, 5) is 12.0. The Kier molecular flexibility index (Phi) is 7.74. The number of ether oxygens (including phenoxy) is 2. The second kappa shape index (κ2) is 10.0. The summed E-state index contributed by atoms with van der Waals surface area (Å²) < 4.78 is 36.8. The summed E-state index contributed by atoms with van der Waals surface area (Å²) in [6.07, 6.45) is 2.43. The third-order valence-electron chi connectivity index (χ3n) is 4.22. The Morgan fingerprint density at radius 3 is 2.41 bits per heavy atom. The highest BCUT2D eigenvalue weighted by atomic mass is 32.2. The van der Waals surface area contributed by atoms with Crippen LogP contribution in [0.25, 0.3) is 0 Å². The molecule has 0 spiro atoms. The number of hydrogen-bond acceptors (Lipinski definition) is 6. The van der Waals surface area contributed by atoms with Crippen LogP contribution in [0.2, 0.25) is 0 Å². The number of hydrazone groups is 1. The standard InChI is InChI=1S/C20H25N3O5S/c1-5-15-6-8-16(9-7-15)13-21-22-20(24)14-23(2)29(25,26)19-12-17(27-3)10-11-18(19)28-4/h6-13H,5,14H2,1-4H3,(H,22,24). The van der Waals surface area contributed by atoms with Crippen molar-refractivity contribution in [1.29, 1.82) is 0 Å². The maximum Gasteiger partial charge on any atom is 0.255 e. The van der Waals surface area contributed by atoms with Crippen molar-refractivity contribution < 1.29 is 22.7 Å². The number of aryl methyl sites for hydroxylation is 1. The average Bonchev–Trinajstić information content (AvgIpc) is 2.73. The number of hydrogen-bond donors (Lipinski definition) is 1. The molecule has 0 aliphatic carbocycles. The van der Waals surface area contributed by atoms with Gasteiger partial charge in [-0.3, -0.25) is 4.79 Å². The molecule has 1 N–H and O–H groups in total. The molecule has 2 aromatic rings. The lowest BCUT2D eigenvalue weighted by Gasteiger charge is -2.18. The van der Waals surface area contributed by atoms with Gasteiger partial charge in [0.15, 0.2) is 0 Å².